The van der Waals surface area contributed by atoms with E-state index in [9.17, 15) is 39.6 Å². The number of carboxylic acids is 2. The molecule has 14 nitrogen and oxygen atoms in total. The van der Waals surface area contributed by atoms with Gasteiger partial charge in [-0.2, -0.15) is 31.3 Å². The van der Waals surface area contributed by atoms with Crippen LogP contribution in [0, 0.1) is 5.92 Å². The molecule has 1 fully saturated rings. The summed E-state index contributed by atoms with van der Waals surface area (Å²) >= 11 is 6.35. The fourth-order valence-electron chi connectivity index (χ4n) is 4.88. The van der Waals surface area contributed by atoms with Gasteiger partial charge in [0, 0.05) is 37.1 Å². The molecule has 22 heteroatoms. The lowest BCUT2D eigenvalue weighted by Crippen LogP contribution is -2.42. The third-order valence-electron chi connectivity index (χ3n) is 7.61. The number of carboxylic acid groups (broad SMARTS) is 2. The first-order valence-electron chi connectivity index (χ1n) is 15.6. The number of nitrogens with one attached hydrogen (secondary N) is 3. The third-order valence-corrected chi connectivity index (χ3v) is 10.2. The number of carbonyl (C=O) groups is 3. The molecule has 53 heavy (non-hydrogen) atoms. The van der Waals surface area contributed by atoms with Crippen LogP contribution in [0.1, 0.15) is 44.2 Å². The minimum absolute atomic E-state index is 0.0728. The fourth-order valence-corrected chi connectivity index (χ4v) is 6.34. The van der Waals surface area contributed by atoms with Gasteiger partial charge in [0.2, 0.25) is 21.9 Å². The van der Waals surface area contributed by atoms with E-state index in [-0.39, 0.29) is 11.8 Å². The van der Waals surface area contributed by atoms with Crippen molar-refractivity contribution in [3.63, 3.8) is 0 Å². The number of rotatable bonds is 5. The number of benzene rings is 1. The van der Waals surface area contributed by atoms with Crippen molar-refractivity contribution in [2.75, 3.05) is 29.0 Å². The normalized spacial score (nSPS) is 15.0. The second-order valence-corrected chi connectivity index (χ2v) is 14.8. The van der Waals surface area contributed by atoms with E-state index >= 15 is 0 Å². The van der Waals surface area contributed by atoms with E-state index in [2.05, 4.69) is 30.9 Å². The van der Waals surface area contributed by atoms with E-state index in [4.69, 9.17) is 31.4 Å². The lowest BCUT2D eigenvalue weighted by atomic mass is 9.94. The van der Waals surface area contributed by atoms with Crippen molar-refractivity contribution in [2.24, 2.45) is 5.92 Å². The number of anilines is 5. The van der Waals surface area contributed by atoms with Crippen LogP contribution in [0.4, 0.5) is 55.2 Å². The highest BCUT2D eigenvalue weighted by atomic mass is 35.5. The Labute approximate surface area is 304 Å². The molecule has 0 radical (unpaired) electrons. The van der Waals surface area contributed by atoms with Crippen molar-refractivity contribution < 1.29 is 59.4 Å². The zero-order chi connectivity index (χ0) is 39.7. The zero-order valence-corrected chi connectivity index (χ0v) is 29.5. The Morgan fingerprint density at radius 3 is 2.11 bits per heavy atom. The number of aryl methyl sites for hydroxylation is 2. The summed E-state index contributed by atoms with van der Waals surface area (Å²) in [6, 6.07) is 7.76. The Morgan fingerprint density at radius 2 is 1.55 bits per heavy atom. The molecule has 5 N–H and O–H groups in total. The van der Waals surface area contributed by atoms with Crippen LogP contribution in [0.5, 0.6) is 0 Å². The van der Waals surface area contributed by atoms with Gasteiger partial charge in [0.1, 0.15) is 5.02 Å². The number of pyridine rings is 1. The first kappa shape index (κ1) is 42.7. The standard InChI is InChI=1S/C27H32ClN7O3S.2C2HF3O2/c1-17(2)39(37,38)35-9-7-18(8-10-35)12-25(36)33-24-6-5-21-13-20(24)4-3-19-11-22(15-29-14-19)32-27-30-16-23(28)26(31-21)34-27;2*3-2(4,5)1(6)7/h5-6,11,13-18H,3-4,7-10,12H2,1-2H3,(H,33,36)(H2,30,31,32,34);2*(H,6,7). The summed E-state index contributed by atoms with van der Waals surface area (Å²) in [4.78, 5) is 44.0. The lowest BCUT2D eigenvalue weighted by molar-refractivity contribution is -0.193. The molecule has 0 atom stereocenters. The van der Waals surface area contributed by atoms with Gasteiger partial charge in [-0.15, -0.1) is 0 Å². The maximum absolute atomic E-state index is 13.1. The Balaban J connectivity index is 0.000000458. The van der Waals surface area contributed by atoms with Gasteiger partial charge in [-0.3, -0.25) is 9.78 Å². The predicted molar refractivity (Wildman–Crippen MR) is 181 cm³/mol. The number of aromatic nitrogens is 3. The molecule has 6 bridgehead atoms. The maximum Gasteiger partial charge on any atom is 0.490 e. The van der Waals surface area contributed by atoms with E-state index in [1.54, 1.807) is 24.3 Å². The van der Waals surface area contributed by atoms with Gasteiger partial charge in [-0.25, -0.2) is 27.3 Å². The first-order valence-corrected chi connectivity index (χ1v) is 17.5. The number of hydrogen-bond donors (Lipinski definition) is 5. The number of halogens is 7. The van der Waals surface area contributed by atoms with Gasteiger partial charge in [0.05, 0.1) is 23.3 Å². The van der Waals surface area contributed by atoms with E-state index in [0.29, 0.717) is 55.6 Å². The third kappa shape index (κ3) is 13.0. The quantitative estimate of drug-likeness (QED) is 0.184. The molecule has 1 amide bonds. The maximum atomic E-state index is 13.1. The second kappa shape index (κ2) is 17.8. The molecule has 2 aliphatic heterocycles. The number of alkyl halides is 6. The summed E-state index contributed by atoms with van der Waals surface area (Å²) in [5.41, 5.74) is 4.31. The molecular formula is C31H34ClF6N7O7S. The number of piperidine rings is 1. The number of nitrogens with zero attached hydrogens (tertiary/aromatic N) is 4. The number of carbonyl (C=O) groups excluding carboxylic acids is 1. The number of aliphatic carboxylic acids is 2. The summed E-state index contributed by atoms with van der Waals surface area (Å²) in [6.07, 6.45) is -1.99. The summed E-state index contributed by atoms with van der Waals surface area (Å²) in [7, 11) is -3.26. The molecule has 2 aliphatic rings. The fraction of sp³-hybridized carbons (Fsp3) is 0.419. The zero-order valence-electron chi connectivity index (χ0n) is 27.9. The van der Waals surface area contributed by atoms with Crippen molar-refractivity contribution in [1.29, 1.82) is 0 Å². The minimum Gasteiger partial charge on any atom is -0.475 e. The molecule has 290 valence electrons. The smallest absolute Gasteiger partial charge is 0.475 e. The van der Waals surface area contributed by atoms with Crippen LogP contribution in [0.2, 0.25) is 5.02 Å². The van der Waals surface area contributed by atoms with Crippen molar-refractivity contribution >= 4 is 68.3 Å². The van der Waals surface area contributed by atoms with Gasteiger partial charge < -0.3 is 26.2 Å². The Morgan fingerprint density at radius 1 is 0.943 bits per heavy atom. The Bertz CT molecular complexity index is 1870. The second-order valence-electron chi connectivity index (χ2n) is 11.9. The number of fused-ring (bicyclic) bond motifs is 6. The average molecular weight is 798 g/mol. The SMILES string of the molecule is CC(C)S(=O)(=O)N1CCC(CC(=O)Nc2ccc3cc2CCc2cncc(c2)Nc2ncc(Cl)c(n2)N3)CC1.O=C(O)C(F)(F)F.O=C(O)C(F)(F)F. The summed E-state index contributed by atoms with van der Waals surface area (Å²) in [5, 5.41) is 23.7. The number of sulfonamides is 1. The molecule has 5 rings (SSSR count). The van der Waals surface area contributed by atoms with Crippen LogP contribution in [0.25, 0.3) is 0 Å². The van der Waals surface area contributed by atoms with Crippen LogP contribution in [-0.2, 0) is 37.2 Å². The highest BCUT2D eigenvalue weighted by molar-refractivity contribution is 7.89. The minimum atomic E-state index is -5.08. The van der Waals surface area contributed by atoms with Crippen LogP contribution < -0.4 is 16.0 Å². The molecule has 4 heterocycles. The molecule has 0 unspecified atom stereocenters. The largest absolute Gasteiger partial charge is 0.490 e. The first-order chi connectivity index (χ1) is 24.6. The topological polar surface area (TPSA) is 204 Å². The highest BCUT2D eigenvalue weighted by Crippen LogP contribution is 2.30. The van der Waals surface area contributed by atoms with Crippen LogP contribution >= 0.6 is 11.6 Å². The van der Waals surface area contributed by atoms with Gasteiger partial charge >= 0.3 is 24.3 Å². The highest BCUT2D eigenvalue weighted by Gasteiger charge is 2.39. The monoisotopic (exact) mass is 797 g/mol. The van der Waals surface area contributed by atoms with E-state index in [1.165, 1.54) is 6.20 Å². The number of amides is 1. The van der Waals surface area contributed by atoms with E-state index in [1.807, 2.05) is 30.5 Å². The molecule has 0 spiro atoms. The van der Waals surface area contributed by atoms with Crippen molar-refractivity contribution in [1.82, 2.24) is 19.3 Å². The van der Waals surface area contributed by atoms with Gasteiger partial charge in [0.15, 0.2) is 5.82 Å². The summed E-state index contributed by atoms with van der Waals surface area (Å²) in [5.74, 6) is -4.58. The van der Waals surface area contributed by atoms with Crippen molar-refractivity contribution in [2.45, 2.75) is 63.6 Å². The number of hydrogen-bond acceptors (Lipinski definition) is 10. The Hall–Kier alpha value is -4.76. The summed E-state index contributed by atoms with van der Waals surface area (Å²) in [6.45, 7) is 4.31. The molecule has 2 aromatic heterocycles. The summed E-state index contributed by atoms with van der Waals surface area (Å²) < 4.78 is 89.9. The molecule has 3 aromatic rings. The molecule has 0 aliphatic carbocycles. The van der Waals surface area contributed by atoms with Gasteiger partial charge in [0.25, 0.3) is 0 Å². The van der Waals surface area contributed by atoms with Crippen LogP contribution in [0.3, 0.4) is 0 Å². The van der Waals surface area contributed by atoms with Crippen molar-refractivity contribution in [3.05, 3.63) is 59.0 Å². The molecule has 1 saturated heterocycles. The average Bonchev–Trinajstić information content (AvgIpc) is 3.06. The van der Waals surface area contributed by atoms with Crippen molar-refractivity contribution in [3.8, 4) is 0 Å². The van der Waals surface area contributed by atoms with E-state index in [0.717, 1.165) is 34.6 Å². The van der Waals surface area contributed by atoms with Crippen LogP contribution in [-0.4, -0.2) is 86.4 Å². The molecular weight excluding hydrogens is 764 g/mol. The van der Waals surface area contributed by atoms with E-state index < -0.39 is 39.6 Å². The lowest BCUT2D eigenvalue weighted by Gasteiger charge is -2.32. The molecule has 1 aromatic carbocycles. The predicted octanol–water partition coefficient (Wildman–Crippen LogP) is 6.16. The van der Waals surface area contributed by atoms with Gasteiger partial charge in [-0.05, 0) is 80.8 Å². The Kier molecular flexibility index (Phi) is 14.4. The molecule has 0 saturated carbocycles. The van der Waals surface area contributed by atoms with Crippen LogP contribution in [0.15, 0.2) is 42.9 Å². The van der Waals surface area contributed by atoms with Gasteiger partial charge in [-0.1, -0.05) is 11.6 Å².